The van der Waals surface area contributed by atoms with Crippen LogP contribution in [0.5, 0.6) is 0 Å². The van der Waals surface area contributed by atoms with Gasteiger partial charge in [0.25, 0.3) is 0 Å². The van der Waals surface area contributed by atoms with E-state index >= 15 is 0 Å². The molecule has 0 bridgehead atoms. The molecule has 1 heterocycles. The summed E-state index contributed by atoms with van der Waals surface area (Å²) in [6, 6.07) is 0.287. The lowest BCUT2D eigenvalue weighted by Gasteiger charge is -2.19. The van der Waals surface area contributed by atoms with Gasteiger partial charge in [0.2, 0.25) is 0 Å². The molecule has 1 aliphatic rings. The second-order valence-electron chi connectivity index (χ2n) is 5.39. The van der Waals surface area contributed by atoms with E-state index < -0.39 is 40.5 Å². The van der Waals surface area contributed by atoms with E-state index in [0.29, 0.717) is 12.8 Å². The molecule has 3 nitrogen and oxygen atoms in total. The number of rotatable bonds is 8. The van der Waals surface area contributed by atoms with Crippen molar-refractivity contribution in [1.29, 1.82) is 0 Å². The van der Waals surface area contributed by atoms with E-state index in [4.69, 9.17) is 0 Å². The van der Waals surface area contributed by atoms with Crippen molar-refractivity contribution in [1.82, 2.24) is 5.32 Å². The highest BCUT2D eigenvalue weighted by atomic mass is 32.2. The Kier molecular flexibility index (Phi) is 6.39. The van der Waals surface area contributed by atoms with Gasteiger partial charge in [-0.1, -0.05) is 0 Å². The van der Waals surface area contributed by atoms with Crippen molar-refractivity contribution in [2.45, 2.75) is 56.7 Å². The van der Waals surface area contributed by atoms with Crippen LogP contribution in [0, 0.1) is 0 Å². The lowest BCUT2D eigenvalue weighted by atomic mass is 10.1. The summed E-state index contributed by atoms with van der Waals surface area (Å²) >= 11 is 0. The van der Waals surface area contributed by atoms with Crippen LogP contribution in [0.4, 0.5) is 22.0 Å². The number of sulfone groups is 1. The molecule has 0 aliphatic carbocycles. The Morgan fingerprint density at radius 3 is 2.19 bits per heavy atom. The SMILES string of the molecule is O=S(=O)(CCC[C@H]1CCCN1)CCCC(F)(F)C(F)(F)F. The van der Waals surface area contributed by atoms with Gasteiger partial charge in [0.1, 0.15) is 9.84 Å². The number of hydrogen-bond donors (Lipinski definition) is 1. The van der Waals surface area contributed by atoms with E-state index in [1.165, 1.54) is 0 Å². The zero-order chi connectivity index (χ0) is 16.1. The summed E-state index contributed by atoms with van der Waals surface area (Å²) in [4.78, 5) is 0. The van der Waals surface area contributed by atoms with Gasteiger partial charge in [-0.25, -0.2) is 8.42 Å². The number of alkyl halides is 5. The predicted octanol–water partition coefficient (Wildman–Crippen LogP) is 2.91. The smallest absolute Gasteiger partial charge is 0.314 e. The molecule has 0 unspecified atom stereocenters. The fourth-order valence-corrected chi connectivity index (χ4v) is 3.71. The van der Waals surface area contributed by atoms with Crippen LogP contribution >= 0.6 is 0 Å². The molecule has 0 aromatic carbocycles. The molecule has 1 rings (SSSR count). The molecule has 1 atom stereocenters. The Bertz CT molecular complexity index is 416. The molecule has 0 spiro atoms. The van der Waals surface area contributed by atoms with Crippen molar-refractivity contribution in [2.24, 2.45) is 0 Å². The first-order valence-corrected chi connectivity index (χ1v) is 8.74. The molecule has 9 heteroatoms. The largest absolute Gasteiger partial charge is 0.453 e. The first-order valence-electron chi connectivity index (χ1n) is 6.92. The average molecular weight is 337 g/mol. The van der Waals surface area contributed by atoms with Gasteiger partial charge in [-0.3, -0.25) is 0 Å². The Morgan fingerprint density at radius 2 is 1.67 bits per heavy atom. The van der Waals surface area contributed by atoms with Gasteiger partial charge < -0.3 is 5.32 Å². The van der Waals surface area contributed by atoms with E-state index in [-0.39, 0.29) is 11.8 Å². The minimum atomic E-state index is -5.62. The zero-order valence-electron chi connectivity index (χ0n) is 11.6. The van der Waals surface area contributed by atoms with Crippen molar-refractivity contribution in [2.75, 3.05) is 18.1 Å². The highest BCUT2D eigenvalue weighted by Crippen LogP contribution is 2.38. The van der Waals surface area contributed by atoms with Crippen LogP contribution in [-0.4, -0.2) is 44.6 Å². The molecular formula is C12H20F5NO2S. The van der Waals surface area contributed by atoms with Crippen LogP contribution in [0.25, 0.3) is 0 Å². The Labute approximate surface area is 121 Å². The summed E-state index contributed by atoms with van der Waals surface area (Å²) < 4.78 is 84.2. The zero-order valence-corrected chi connectivity index (χ0v) is 12.4. The Morgan fingerprint density at radius 1 is 1.05 bits per heavy atom. The molecule has 21 heavy (non-hydrogen) atoms. The first-order chi connectivity index (χ1) is 9.54. The molecule has 0 radical (unpaired) electrons. The molecule has 0 saturated carbocycles. The fourth-order valence-electron chi connectivity index (χ4n) is 2.31. The maximum Gasteiger partial charge on any atom is 0.453 e. The minimum absolute atomic E-state index is 0.164. The summed E-state index contributed by atoms with van der Waals surface area (Å²) in [7, 11) is -3.57. The van der Waals surface area contributed by atoms with Crippen LogP contribution in [-0.2, 0) is 9.84 Å². The van der Waals surface area contributed by atoms with Crippen molar-refractivity contribution in [3.8, 4) is 0 Å². The van der Waals surface area contributed by atoms with Gasteiger partial charge in [-0.2, -0.15) is 22.0 Å². The van der Waals surface area contributed by atoms with Crippen LogP contribution in [0.2, 0.25) is 0 Å². The van der Waals surface area contributed by atoms with Gasteiger partial charge in [0.05, 0.1) is 11.5 Å². The molecule has 1 fully saturated rings. The monoisotopic (exact) mass is 337 g/mol. The molecule has 1 N–H and O–H groups in total. The summed E-state index contributed by atoms with van der Waals surface area (Å²) in [6.45, 7) is 0.907. The molecule has 126 valence electrons. The van der Waals surface area contributed by atoms with Gasteiger partial charge >= 0.3 is 12.1 Å². The van der Waals surface area contributed by atoms with E-state index in [0.717, 1.165) is 19.4 Å². The van der Waals surface area contributed by atoms with Crippen LogP contribution in [0.3, 0.4) is 0 Å². The Balaban J connectivity index is 2.26. The highest BCUT2D eigenvalue weighted by molar-refractivity contribution is 7.91. The molecule has 0 aromatic heterocycles. The standard InChI is InChI=1S/C12H20F5NO2S/c13-11(14,12(15,16)17)6-3-9-21(19,20)8-2-5-10-4-1-7-18-10/h10,18H,1-9H2/t10-/m1/s1. The molecule has 0 aromatic rings. The van der Waals surface area contributed by atoms with Crippen LogP contribution in [0.15, 0.2) is 0 Å². The third-order valence-electron chi connectivity index (χ3n) is 3.53. The number of nitrogens with one attached hydrogen (secondary N) is 1. The van der Waals surface area contributed by atoms with E-state index in [2.05, 4.69) is 5.32 Å². The van der Waals surface area contributed by atoms with E-state index in [1.54, 1.807) is 0 Å². The van der Waals surface area contributed by atoms with Crippen LogP contribution in [0.1, 0.15) is 38.5 Å². The second-order valence-corrected chi connectivity index (χ2v) is 7.70. The quantitative estimate of drug-likeness (QED) is 0.693. The van der Waals surface area contributed by atoms with Gasteiger partial charge in [-0.15, -0.1) is 0 Å². The summed E-state index contributed by atoms with van der Waals surface area (Å²) in [5.74, 6) is -5.62. The maximum absolute atomic E-state index is 12.6. The topological polar surface area (TPSA) is 46.2 Å². The lowest BCUT2D eigenvalue weighted by Crippen LogP contribution is -2.36. The third-order valence-corrected chi connectivity index (χ3v) is 5.35. The van der Waals surface area contributed by atoms with Gasteiger partial charge in [0, 0.05) is 12.5 Å². The van der Waals surface area contributed by atoms with E-state index in [9.17, 15) is 30.4 Å². The fraction of sp³-hybridized carbons (Fsp3) is 1.00. The predicted molar refractivity (Wildman–Crippen MR) is 69.1 cm³/mol. The first kappa shape index (κ1) is 18.6. The van der Waals surface area contributed by atoms with Crippen molar-refractivity contribution >= 4 is 9.84 Å². The van der Waals surface area contributed by atoms with Crippen molar-refractivity contribution < 1.29 is 30.4 Å². The summed E-state index contributed by atoms with van der Waals surface area (Å²) in [5.41, 5.74) is 0. The van der Waals surface area contributed by atoms with Crippen LogP contribution < -0.4 is 5.32 Å². The summed E-state index contributed by atoms with van der Waals surface area (Å²) in [6.07, 6.45) is -4.68. The minimum Gasteiger partial charge on any atom is -0.314 e. The highest BCUT2D eigenvalue weighted by Gasteiger charge is 2.56. The molecule has 1 saturated heterocycles. The average Bonchev–Trinajstić information content (AvgIpc) is 2.79. The van der Waals surface area contributed by atoms with E-state index in [1.807, 2.05) is 0 Å². The number of halogens is 5. The maximum atomic E-state index is 12.6. The third kappa shape index (κ3) is 6.46. The molecular weight excluding hydrogens is 317 g/mol. The normalized spacial score (nSPS) is 20.9. The van der Waals surface area contributed by atoms with Gasteiger partial charge in [0.15, 0.2) is 0 Å². The Hall–Kier alpha value is -0.440. The molecule has 1 aliphatic heterocycles. The molecule has 0 amide bonds. The number of hydrogen-bond acceptors (Lipinski definition) is 3. The van der Waals surface area contributed by atoms with Crippen molar-refractivity contribution in [3.63, 3.8) is 0 Å². The van der Waals surface area contributed by atoms with Crippen molar-refractivity contribution in [3.05, 3.63) is 0 Å². The lowest BCUT2D eigenvalue weighted by molar-refractivity contribution is -0.284. The second kappa shape index (κ2) is 7.21. The summed E-state index contributed by atoms with van der Waals surface area (Å²) in [5, 5.41) is 3.20. The van der Waals surface area contributed by atoms with Gasteiger partial charge in [-0.05, 0) is 38.6 Å².